The molecule has 1 saturated heterocycles. The molecule has 20 heavy (non-hydrogen) atoms. The van der Waals surface area contributed by atoms with Crippen molar-refractivity contribution >= 4 is 5.91 Å². The number of piperidine rings is 1. The van der Waals surface area contributed by atoms with Gasteiger partial charge in [0.05, 0.1) is 6.04 Å². The van der Waals surface area contributed by atoms with Crippen molar-refractivity contribution in [3.63, 3.8) is 0 Å². The molecule has 2 N–H and O–H groups in total. The first kappa shape index (κ1) is 15.0. The maximum absolute atomic E-state index is 11.9. The topological polar surface area (TPSA) is 44.4 Å². The Labute approximate surface area is 121 Å². The van der Waals surface area contributed by atoms with Crippen LogP contribution < -0.4 is 10.6 Å². The van der Waals surface area contributed by atoms with Gasteiger partial charge in [0.1, 0.15) is 0 Å². The second-order valence-electron chi connectivity index (χ2n) is 5.58. The summed E-state index contributed by atoms with van der Waals surface area (Å²) in [5, 5.41) is 6.12. The molecule has 1 heterocycles. The minimum Gasteiger partial charge on any atom is -0.351 e. The molecule has 1 aromatic rings. The number of hydrogen-bond acceptors (Lipinski definition) is 3. The van der Waals surface area contributed by atoms with Gasteiger partial charge in [-0.1, -0.05) is 30.3 Å². The summed E-state index contributed by atoms with van der Waals surface area (Å²) in [6, 6.07) is 10.7. The predicted octanol–water partition coefficient (Wildman–Crippen LogP) is 1.38. The number of benzene rings is 1. The minimum absolute atomic E-state index is 0.0964. The van der Waals surface area contributed by atoms with Crippen molar-refractivity contribution in [3.05, 3.63) is 35.9 Å². The van der Waals surface area contributed by atoms with Crippen LogP contribution in [0.2, 0.25) is 0 Å². The van der Waals surface area contributed by atoms with Crippen LogP contribution in [0.3, 0.4) is 0 Å². The van der Waals surface area contributed by atoms with Crippen LogP contribution in [-0.2, 0) is 11.3 Å². The number of likely N-dealkylation sites (tertiary alicyclic amines) is 1. The molecule has 1 aliphatic heterocycles. The zero-order valence-electron chi connectivity index (χ0n) is 12.4. The maximum atomic E-state index is 11.9. The fourth-order valence-corrected chi connectivity index (χ4v) is 2.62. The summed E-state index contributed by atoms with van der Waals surface area (Å²) in [5.41, 5.74) is 1.34. The van der Waals surface area contributed by atoms with E-state index in [0.717, 1.165) is 32.5 Å². The van der Waals surface area contributed by atoms with Gasteiger partial charge >= 0.3 is 0 Å². The van der Waals surface area contributed by atoms with E-state index in [4.69, 9.17) is 0 Å². The van der Waals surface area contributed by atoms with Gasteiger partial charge in [0, 0.05) is 19.1 Å². The van der Waals surface area contributed by atoms with Gasteiger partial charge in [-0.15, -0.1) is 0 Å². The molecule has 4 heteroatoms. The van der Waals surface area contributed by atoms with Crippen LogP contribution in [0.15, 0.2) is 30.3 Å². The molecule has 2 rings (SSSR count). The Kier molecular flexibility index (Phi) is 5.56. The van der Waals surface area contributed by atoms with E-state index in [1.54, 1.807) is 0 Å². The molecule has 0 bridgehead atoms. The Balaban J connectivity index is 1.84. The molecule has 2 unspecified atom stereocenters. The monoisotopic (exact) mass is 275 g/mol. The maximum Gasteiger partial charge on any atom is 0.237 e. The highest BCUT2D eigenvalue weighted by Crippen LogP contribution is 2.13. The number of rotatable bonds is 5. The molecular formula is C16H25N3O. The van der Waals surface area contributed by atoms with Gasteiger partial charge in [-0.3, -0.25) is 9.69 Å². The van der Waals surface area contributed by atoms with E-state index in [1.165, 1.54) is 5.56 Å². The molecule has 1 aliphatic rings. The van der Waals surface area contributed by atoms with Crippen molar-refractivity contribution in [1.82, 2.24) is 15.5 Å². The number of carbonyl (C=O) groups is 1. The van der Waals surface area contributed by atoms with Crippen LogP contribution >= 0.6 is 0 Å². The summed E-state index contributed by atoms with van der Waals surface area (Å²) in [4.78, 5) is 14.3. The number of amides is 1. The van der Waals surface area contributed by atoms with Gasteiger partial charge in [-0.2, -0.15) is 0 Å². The standard InChI is InChI=1S/C16H25N3O/c1-13(17-2)16(20)18-15-9-6-10-19(12-15)11-14-7-4-3-5-8-14/h3-5,7-8,13,15,17H,6,9-12H2,1-2H3,(H,18,20). The first-order valence-corrected chi connectivity index (χ1v) is 7.43. The molecule has 1 aromatic carbocycles. The number of nitrogens with one attached hydrogen (secondary N) is 2. The first-order valence-electron chi connectivity index (χ1n) is 7.43. The lowest BCUT2D eigenvalue weighted by atomic mass is 10.0. The van der Waals surface area contributed by atoms with Gasteiger partial charge in [-0.05, 0) is 38.9 Å². The van der Waals surface area contributed by atoms with Gasteiger partial charge in [0.2, 0.25) is 5.91 Å². The van der Waals surface area contributed by atoms with Gasteiger partial charge in [0.25, 0.3) is 0 Å². The van der Waals surface area contributed by atoms with E-state index in [0.29, 0.717) is 0 Å². The largest absolute Gasteiger partial charge is 0.351 e. The molecule has 0 aromatic heterocycles. The summed E-state index contributed by atoms with van der Waals surface area (Å²) in [7, 11) is 1.81. The van der Waals surface area contributed by atoms with Crippen LogP contribution in [0.1, 0.15) is 25.3 Å². The molecule has 0 saturated carbocycles. The second kappa shape index (κ2) is 7.41. The zero-order chi connectivity index (χ0) is 14.4. The highest BCUT2D eigenvalue weighted by Gasteiger charge is 2.22. The van der Waals surface area contributed by atoms with Crippen LogP contribution in [-0.4, -0.2) is 43.0 Å². The van der Waals surface area contributed by atoms with Crippen molar-refractivity contribution in [2.24, 2.45) is 0 Å². The Morgan fingerprint density at radius 3 is 2.85 bits per heavy atom. The quantitative estimate of drug-likeness (QED) is 0.853. The van der Waals surface area contributed by atoms with E-state index >= 15 is 0 Å². The Hall–Kier alpha value is -1.39. The Morgan fingerprint density at radius 2 is 2.15 bits per heavy atom. The highest BCUT2D eigenvalue weighted by atomic mass is 16.2. The van der Waals surface area contributed by atoms with E-state index in [2.05, 4.69) is 39.8 Å². The lowest BCUT2D eigenvalue weighted by Crippen LogP contribution is -2.51. The van der Waals surface area contributed by atoms with Crippen molar-refractivity contribution in [1.29, 1.82) is 0 Å². The third-order valence-corrected chi connectivity index (χ3v) is 3.93. The molecule has 4 nitrogen and oxygen atoms in total. The SMILES string of the molecule is CNC(C)C(=O)NC1CCCN(Cc2ccccc2)C1. The zero-order valence-corrected chi connectivity index (χ0v) is 12.4. The summed E-state index contributed by atoms with van der Waals surface area (Å²) in [5.74, 6) is 0.0964. The predicted molar refractivity (Wildman–Crippen MR) is 81.4 cm³/mol. The molecule has 110 valence electrons. The van der Waals surface area contributed by atoms with Crippen molar-refractivity contribution in [3.8, 4) is 0 Å². The molecule has 0 radical (unpaired) electrons. The molecule has 0 aliphatic carbocycles. The minimum atomic E-state index is -0.125. The van der Waals surface area contributed by atoms with E-state index in [-0.39, 0.29) is 18.0 Å². The molecule has 2 atom stereocenters. The summed E-state index contributed by atoms with van der Waals surface area (Å²) >= 11 is 0. The Bertz CT molecular complexity index is 421. The van der Waals surface area contributed by atoms with E-state index in [1.807, 2.05) is 20.0 Å². The Morgan fingerprint density at radius 1 is 1.40 bits per heavy atom. The van der Waals surface area contributed by atoms with Gasteiger partial charge < -0.3 is 10.6 Å². The lowest BCUT2D eigenvalue weighted by Gasteiger charge is -2.33. The molecular weight excluding hydrogens is 250 g/mol. The van der Waals surface area contributed by atoms with Gasteiger partial charge in [0.15, 0.2) is 0 Å². The molecule has 0 spiro atoms. The van der Waals surface area contributed by atoms with E-state index < -0.39 is 0 Å². The van der Waals surface area contributed by atoms with Crippen LogP contribution in [0.5, 0.6) is 0 Å². The summed E-state index contributed by atoms with van der Waals surface area (Å²) < 4.78 is 0. The normalized spacial score (nSPS) is 21.4. The highest BCUT2D eigenvalue weighted by molar-refractivity contribution is 5.81. The average Bonchev–Trinajstić information content (AvgIpc) is 2.47. The lowest BCUT2D eigenvalue weighted by molar-refractivity contribution is -0.123. The van der Waals surface area contributed by atoms with Gasteiger partial charge in [-0.25, -0.2) is 0 Å². The van der Waals surface area contributed by atoms with Crippen LogP contribution in [0.25, 0.3) is 0 Å². The second-order valence-corrected chi connectivity index (χ2v) is 5.58. The fraction of sp³-hybridized carbons (Fsp3) is 0.562. The van der Waals surface area contributed by atoms with E-state index in [9.17, 15) is 4.79 Å². The first-order chi connectivity index (χ1) is 9.69. The number of carbonyl (C=O) groups excluding carboxylic acids is 1. The van der Waals surface area contributed by atoms with Crippen molar-refractivity contribution in [2.75, 3.05) is 20.1 Å². The fourth-order valence-electron chi connectivity index (χ4n) is 2.62. The average molecular weight is 275 g/mol. The summed E-state index contributed by atoms with van der Waals surface area (Å²) in [6.45, 7) is 4.91. The molecule has 1 fully saturated rings. The van der Waals surface area contributed by atoms with Crippen molar-refractivity contribution < 1.29 is 4.79 Å². The number of likely N-dealkylation sites (N-methyl/N-ethyl adjacent to an activating group) is 1. The number of nitrogens with zero attached hydrogens (tertiary/aromatic N) is 1. The number of hydrogen-bond donors (Lipinski definition) is 2. The third kappa shape index (κ3) is 4.32. The molecule has 1 amide bonds. The van der Waals surface area contributed by atoms with Crippen molar-refractivity contribution in [2.45, 2.75) is 38.4 Å². The van der Waals surface area contributed by atoms with Crippen LogP contribution in [0, 0.1) is 0 Å². The summed E-state index contributed by atoms with van der Waals surface area (Å²) in [6.07, 6.45) is 2.22. The third-order valence-electron chi connectivity index (χ3n) is 3.93. The van der Waals surface area contributed by atoms with Crippen LogP contribution in [0.4, 0.5) is 0 Å². The smallest absolute Gasteiger partial charge is 0.237 e.